The SMILES string of the molecule is Cc1ccc(C)c2sc(N(Cc3cccnc3)C(=O)CCCS(=O)(=O)c3ccccc3)nc12. The van der Waals surface area contributed by atoms with Gasteiger partial charge in [0, 0.05) is 18.8 Å². The summed E-state index contributed by atoms with van der Waals surface area (Å²) in [4.78, 5) is 24.2. The second kappa shape index (κ2) is 9.80. The molecule has 0 aliphatic rings. The summed E-state index contributed by atoms with van der Waals surface area (Å²) < 4.78 is 26.2. The summed E-state index contributed by atoms with van der Waals surface area (Å²) in [6.45, 7) is 4.37. The number of sulfone groups is 1. The molecule has 170 valence electrons. The minimum absolute atomic E-state index is 0.0818. The van der Waals surface area contributed by atoms with Crippen LogP contribution in [0.4, 0.5) is 5.13 Å². The number of thiazole rings is 1. The Labute approximate surface area is 197 Å². The molecule has 33 heavy (non-hydrogen) atoms. The lowest BCUT2D eigenvalue weighted by molar-refractivity contribution is -0.118. The van der Waals surface area contributed by atoms with E-state index in [4.69, 9.17) is 4.98 Å². The quantitative estimate of drug-likeness (QED) is 0.351. The first-order chi connectivity index (χ1) is 15.8. The summed E-state index contributed by atoms with van der Waals surface area (Å²) >= 11 is 1.48. The number of hydrogen-bond acceptors (Lipinski definition) is 6. The normalized spacial score (nSPS) is 11.6. The van der Waals surface area contributed by atoms with E-state index in [1.54, 1.807) is 47.6 Å². The van der Waals surface area contributed by atoms with Crippen LogP contribution in [0.3, 0.4) is 0 Å². The van der Waals surface area contributed by atoms with Crippen LogP contribution in [0.5, 0.6) is 0 Å². The maximum Gasteiger partial charge on any atom is 0.229 e. The molecule has 8 heteroatoms. The van der Waals surface area contributed by atoms with E-state index in [0.717, 1.165) is 26.9 Å². The van der Waals surface area contributed by atoms with Crippen LogP contribution < -0.4 is 4.90 Å². The number of aryl methyl sites for hydroxylation is 2. The van der Waals surface area contributed by atoms with Crippen molar-refractivity contribution >= 4 is 42.4 Å². The van der Waals surface area contributed by atoms with Crippen LogP contribution in [-0.4, -0.2) is 30.0 Å². The highest BCUT2D eigenvalue weighted by Gasteiger charge is 2.22. The fraction of sp³-hybridized carbons (Fsp3) is 0.240. The van der Waals surface area contributed by atoms with Crippen LogP contribution in [0.25, 0.3) is 10.2 Å². The molecule has 2 aromatic carbocycles. The maximum atomic E-state index is 13.3. The van der Waals surface area contributed by atoms with E-state index in [1.165, 1.54) is 11.3 Å². The first-order valence-corrected chi connectivity index (χ1v) is 13.2. The number of pyridine rings is 1. The number of aromatic nitrogens is 2. The molecule has 0 saturated heterocycles. The minimum atomic E-state index is -3.43. The zero-order valence-corrected chi connectivity index (χ0v) is 20.2. The molecule has 0 radical (unpaired) electrons. The van der Waals surface area contributed by atoms with Crippen molar-refractivity contribution in [3.63, 3.8) is 0 Å². The topological polar surface area (TPSA) is 80.2 Å². The first kappa shape index (κ1) is 23.1. The van der Waals surface area contributed by atoms with Crippen LogP contribution in [0.15, 0.2) is 71.9 Å². The summed E-state index contributed by atoms with van der Waals surface area (Å²) in [7, 11) is -3.43. The Morgan fingerprint density at radius 1 is 1.00 bits per heavy atom. The van der Waals surface area contributed by atoms with Gasteiger partial charge in [0.1, 0.15) is 0 Å². The lowest BCUT2D eigenvalue weighted by atomic mass is 10.1. The van der Waals surface area contributed by atoms with Crippen LogP contribution >= 0.6 is 11.3 Å². The zero-order chi connectivity index (χ0) is 23.4. The fourth-order valence-corrected chi connectivity index (χ4v) is 6.05. The number of nitrogens with zero attached hydrogens (tertiary/aromatic N) is 3. The van der Waals surface area contributed by atoms with Gasteiger partial charge in [-0.3, -0.25) is 14.7 Å². The van der Waals surface area contributed by atoms with E-state index < -0.39 is 9.84 Å². The number of hydrogen-bond donors (Lipinski definition) is 0. The summed E-state index contributed by atoms with van der Waals surface area (Å²) in [5, 5.41) is 0.613. The molecule has 2 aromatic heterocycles. The van der Waals surface area contributed by atoms with Crippen LogP contribution in [0.1, 0.15) is 29.5 Å². The Bertz CT molecular complexity index is 1330. The summed E-state index contributed by atoms with van der Waals surface area (Å²) in [5.41, 5.74) is 3.95. The van der Waals surface area contributed by atoms with Gasteiger partial charge >= 0.3 is 0 Å². The molecule has 0 atom stereocenters. The Kier molecular flexibility index (Phi) is 6.85. The zero-order valence-electron chi connectivity index (χ0n) is 18.6. The third kappa shape index (κ3) is 5.29. The number of fused-ring (bicyclic) bond motifs is 1. The van der Waals surface area contributed by atoms with Crippen LogP contribution in [-0.2, 0) is 21.2 Å². The van der Waals surface area contributed by atoms with Crippen LogP contribution in [0, 0.1) is 13.8 Å². The average Bonchev–Trinajstić information content (AvgIpc) is 3.27. The van der Waals surface area contributed by atoms with Crippen molar-refractivity contribution in [1.82, 2.24) is 9.97 Å². The monoisotopic (exact) mass is 479 g/mol. The molecule has 0 aliphatic heterocycles. The van der Waals surface area contributed by atoms with Gasteiger partial charge in [-0.15, -0.1) is 0 Å². The van der Waals surface area contributed by atoms with Crippen molar-refractivity contribution < 1.29 is 13.2 Å². The smallest absolute Gasteiger partial charge is 0.229 e. The van der Waals surface area contributed by atoms with E-state index in [0.29, 0.717) is 11.7 Å². The maximum absolute atomic E-state index is 13.3. The van der Waals surface area contributed by atoms with Gasteiger partial charge in [0.25, 0.3) is 0 Å². The Morgan fingerprint density at radius 3 is 2.45 bits per heavy atom. The molecule has 1 amide bonds. The third-order valence-electron chi connectivity index (χ3n) is 5.43. The Morgan fingerprint density at radius 2 is 1.76 bits per heavy atom. The fourth-order valence-electron chi connectivity index (χ4n) is 3.59. The standard InChI is InChI=1S/C25H25N3O3S2/c1-18-12-13-19(2)24-23(18)27-25(32-24)28(17-20-8-6-14-26-16-20)22(29)11-7-15-33(30,31)21-9-4-3-5-10-21/h3-6,8-10,12-14,16H,7,11,15,17H2,1-2H3. The van der Waals surface area contributed by atoms with Gasteiger partial charge in [-0.05, 0) is 55.2 Å². The summed E-state index contributed by atoms with van der Waals surface area (Å²) in [6.07, 6.45) is 3.77. The van der Waals surface area contributed by atoms with Crippen molar-refractivity contribution in [2.24, 2.45) is 0 Å². The van der Waals surface area contributed by atoms with E-state index >= 15 is 0 Å². The van der Waals surface area contributed by atoms with Gasteiger partial charge in [0.05, 0.1) is 27.4 Å². The molecule has 0 fully saturated rings. The van der Waals surface area contributed by atoms with E-state index in [9.17, 15) is 13.2 Å². The lowest BCUT2D eigenvalue weighted by Gasteiger charge is -2.20. The van der Waals surface area contributed by atoms with Gasteiger partial charge in [-0.25, -0.2) is 13.4 Å². The van der Waals surface area contributed by atoms with E-state index in [2.05, 4.69) is 11.1 Å². The molecule has 4 aromatic rings. The average molecular weight is 480 g/mol. The lowest BCUT2D eigenvalue weighted by Crippen LogP contribution is -2.30. The number of benzene rings is 2. The molecule has 0 unspecified atom stereocenters. The number of anilines is 1. The van der Waals surface area contributed by atoms with Crippen molar-refractivity contribution in [1.29, 1.82) is 0 Å². The molecule has 4 rings (SSSR count). The molecule has 0 saturated carbocycles. The van der Waals surface area contributed by atoms with E-state index in [-0.39, 0.29) is 29.4 Å². The van der Waals surface area contributed by atoms with Crippen molar-refractivity contribution in [3.05, 3.63) is 83.7 Å². The highest BCUT2D eigenvalue weighted by Crippen LogP contribution is 2.34. The van der Waals surface area contributed by atoms with Crippen molar-refractivity contribution in [2.45, 2.75) is 38.1 Å². The number of amides is 1. The summed E-state index contributed by atoms with van der Waals surface area (Å²) in [5.74, 6) is -0.238. The minimum Gasteiger partial charge on any atom is -0.284 e. The van der Waals surface area contributed by atoms with Gasteiger partial charge in [-0.1, -0.05) is 47.7 Å². The number of carbonyl (C=O) groups excluding carboxylic acids is 1. The largest absolute Gasteiger partial charge is 0.284 e. The van der Waals surface area contributed by atoms with Crippen molar-refractivity contribution in [3.8, 4) is 0 Å². The van der Waals surface area contributed by atoms with Gasteiger partial charge < -0.3 is 0 Å². The second-order valence-corrected chi connectivity index (χ2v) is 11.0. The molecular weight excluding hydrogens is 454 g/mol. The number of carbonyl (C=O) groups is 1. The van der Waals surface area contributed by atoms with Gasteiger partial charge in [-0.2, -0.15) is 0 Å². The van der Waals surface area contributed by atoms with Crippen molar-refractivity contribution in [2.75, 3.05) is 10.7 Å². The third-order valence-corrected chi connectivity index (χ3v) is 8.46. The second-order valence-electron chi connectivity index (χ2n) is 7.95. The molecule has 0 N–H and O–H groups in total. The first-order valence-electron chi connectivity index (χ1n) is 10.7. The van der Waals surface area contributed by atoms with Gasteiger partial charge in [0.15, 0.2) is 15.0 Å². The molecule has 0 bridgehead atoms. The Balaban J connectivity index is 1.57. The molecule has 0 spiro atoms. The van der Waals surface area contributed by atoms with Crippen LogP contribution in [0.2, 0.25) is 0 Å². The van der Waals surface area contributed by atoms with E-state index in [1.807, 2.05) is 32.0 Å². The predicted molar refractivity (Wildman–Crippen MR) is 132 cm³/mol. The predicted octanol–water partition coefficient (Wildman–Crippen LogP) is 5.10. The van der Waals surface area contributed by atoms with Gasteiger partial charge in [0.2, 0.25) is 5.91 Å². The molecule has 2 heterocycles. The molecule has 6 nitrogen and oxygen atoms in total. The molecular formula is C25H25N3O3S2. The molecule has 0 aliphatic carbocycles. The highest BCUT2D eigenvalue weighted by molar-refractivity contribution is 7.91. The summed E-state index contributed by atoms with van der Waals surface area (Å²) in [6, 6.07) is 16.2. The highest BCUT2D eigenvalue weighted by atomic mass is 32.2. The number of rotatable bonds is 8. The Hall–Kier alpha value is -3.10.